The number of nitrogens with two attached hydrogens (primary N) is 1. The third kappa shape index (κ3) is 4.37. The topological polar surface area (TPSA) is 59.6 Å². The minimum Gasteiger partial charge on any atom is -0.377 e. The Morgan fingerprint density at radius 1 is 1.25 bits per heavy atom. The molecule has 0 amide bonds. The van der Waals surface area contributed by atoms with Crippen LogP contribution in [0.3, 0.4) is 0 Å². The summed E-state index contributed by atoms with van der Waals surface area (Å²) in [4.78, 5) is 4.46. The Bertz CT molecular complexity index is 331. The number of nitrogens with zero attached hydrogens (tertiary/aromatic N) is 1. The summed E-state index contributed by atoms with van der Waals surface area (Å²) < 4.78 is 5.99. The monoisotopic (exact) mass is 281 g/mol. The number of hydrogen-bond acceptors (Lipinski definition) is 2. The average Bonchev–Trinajstić information content (AvgIpc) is 2.34. The molecule has 2 rings (SSSR count). The number of guanidine groups is 1. The molecule has 0 aromatic heterocycles. The summed E-state index contributed by atoms with van der Waals surface area (Å²) in [5, 5.41) is 3.31. The fourth-order valence-corrected chi connectivity index (χ4v) is 3.20. The summed E-state index contributed by atoms with van der Waals surface area (Å²) in [5.74, 6) is 1.91. The highest BCUT2D eigenvalue weighted by Crippen LogP contribution is 2.33. The van der Waals surface area contributed by atoms with Crippen molar-refractivity contribution in [1.82, 2.24) is 5.32 Å². The smallest absolute Gasteiger partial charge is 0.188 e. The zero-order valence-corrected chi connectivity index (χ0v) is 13.3. The molecule has 2 aliphatic rings. The molecule has 4 nitrogen and oxygen atoms in total. The fraction of sp³-hybridized carbons (Fsp3) is 0.938. The molecule has 1 aliphatic heterocycles. The van der Waals surface area contributed by atoms with Crippen molar-refractivity contribution in [1.29, 1.82) is 0 Å². The van der Waals surface area contributed by atoms with Crippen LogP contribution in [-0.2, 0) is 4.74 Å². The molecule has 20 heavy (non-hydrogen) atoms. The number of hydrogen-bond donors (Lipinski definition) is 2. The van der Waals surface area contributed by atoms with Gasteiger partial charge in [-0.05, 0) is 37.0 Å². The number of aliphatic imine (C=N–C) groups is 1. The number of ether oxygens (including phenoxy) is 1. The standard InChI is InChI=1S/C16H31N3O/c1-16(2,3)14-13(8-5-9-20-14)11-19-15(17)18-10-12-6-4-7-12/h12-14H,4-11H2,1-3H3,(H3,17,18,19). The van der Waals surface area contributed by atoms with Crippen LogP contribution >= 0.6 is 0 Å². The van der Waals surface area contributed by atoms with Crippen LogP contribution in [0.5, 0.6) is 0 Å². The maximum absolute atomic E-state index is 5.99. The van der Waals surface area contributed by atoms with Gasteiger partial charge in [-0.25, -0.2) is 0 Å². The highest BCUT2D eigenvalue weighted by molar-refractivity contribution is 5.77. The van der Waals surface area contributed by atoms with Gasteiger partial charge in [0, 0.05) is 25.6 Å². The molecule has 0 bridgehead atoms. The molecule has 4 heteroatoms. The molecule has 3 N–H and O–H groups in total. The van der Waals surface area contributed by atoms with E-state index in [1.165, 1.54) is 25.7 Å². The second-order valence-corrected chi connectivity index (χ2v) is 7.46. The third-order valence-electron chi connectivity index (χ3n) is 4.59. The van der Waals surface area contributed by atoms with Crippen molar-refractivity contribution in [3.63, 3.8) is 0 Å². The van der Waals surface area contributed by atoms with Gasteiger partial charge in [-0.3, -0.25) is 4.99 Å². The van der Waals surface area contributed by atoms with Crippen molar-refractivity contribution < 1.29 is 4.74 Å². The molecule has 0 aromatic rings. The molecule has 0 radical (unpaired) electrons. The van der Waals surface area contributed by atoms with Gasteiger partial charge in [-0.1, -0.05) is 27.2 Å². The van der Waals surface area contributed by atoms with Gasteiger partial charge in [0.25, 0.3) is 0 Å². The lowest BCUT2D eigenvalue weighted by Gasteiger charge is -2.40. The minimum atomic E-state index is 0.185. The van der Waals surface area contributed by atoms with Crippen LogP contribution in [0.15, 0.2) is 4.99 Å². The maximum Gasteiger partial charge on any atom is 0.188 e. The quantitative estimate of drug-likeness (QED) is 0.615. The van der Waals surface area contributed by atoms with Crippen molar-refractivity contribution in [3.8, 4) is 0 Å². The van der Waals surface area contributed by atoms with Crippen molar-refractivity contribution in [2.75, 3.05) is 19.7 Å². The van der Waals surface area contributed by atoms with Gasteiger partial charge < -0.3 is 15.8 Å². The highest BCUT2D eigenvalue weighted by atomic mass is 16.5. The van der Waals surface area contributed by atoms with Gasteiger partial charge in [0.2, 0.25) is 0 Å². The predicted molar refractivity (Wildman–Crippen MR) is 83.8 cm³/mol. The minimum absolute atomic E-state index is 0.185. The normalized spacial score (nSPS) is 29.1. The summed E-state index contributed by atoms with van der Waals surface area (Å²) >= 11 is 0. The Balaban J connectivity index is 1.78. The Morgan fingerprint density at radius 3 is 2.60 bits per heavy atom. The first kappa shape index (κ1) is 15.6. The van der Waals surface area contributed by atoms with E-state index in [0.29, 0.717) is 18.0 Å². The molecule has 1 heterocycles. The molecule has 2 unspecified atom stereocenters. The summed E-state index contributed by atoms with van der Waals surface area (Å²) in [6, 6.07) is 0. The molecule has 1 aliphatic carbocycles. The lowest BCUT2D eigenvalue weighted by Crippen LogP contribution is -2.46. The van der Waals surface area contributed by atoms with Crippen LogP contribution in [-0.4, -0.2) is 31.8 Å². The van der Waals surface area contributed by atoms with E-state index >= 15 is 0 Å². The summed E-state index contributed by atoms with van der Waals surface area (Å²) in [7, 11) is 0. The largest absolute Gasteiger partial charge is 0.377 e. The maximum atomic E-state index is 5.99. The zero-order valence-electron chi connectivity index (χ0n) is 13.3. The molecule has 2 atom stereocenters. The van der Waals surface area contributed by atoms with Crippen LogP contribution in [0, 0.1) is 17.3 Å². The Hall–Kier alpha value is -0.770. The Morgan fingerprint density at radius 2 is 2.00 bits per heavy atom. The number of nitrogens with one attached hydrogen (secondary N) is 1. The van der Waals surface area contributed by atoms with Crippen LogP contribution < -0.4 is 11.1 Å². The van der Waals surface area contributed by atoms with Gasteiger partial charge in [0.1, 0.15) is 0 Å². The van der Waals surface area contributed by atoms with Crippen molar-refractivity contribution in [3.05, 3.63) is 0 Å². The lowest BCUT2D eigenvalue weighted by molar-refractivity contribution is -0.0835. The van der Waals surface area contributed by atoms with Gasteiger partial charge in [-0.15, -0.1) is 0 Å². The first-order valence-corrected chi connectivity index (χ1v) is 8.12. The van der Waals surface area contributed by atoms with E-state index in [1.54, 1.807) is 0 Å². The SMILES string of the molecule is CC(C)(C)C1OCCCC1CNC(N)=NCC1CCC1. The van der Waals surface area contributed by atoms with E-state index in [-0.39, 0.29) is 5.41 Å². The predicted octanol–water partition coefficient (Wildman–Crippen LogP) is 2.53. The highest BCUT2D eigenvalue weighted by Gasteiger charge is 2.35. The van der Waals surface area contributed by atoms with Crippen molar-refractivity contribution >= 4 is 5.96 Å². The van der Waals surface area contributed by atoms with E-state index in [4.69, 9.17) is 10.5 Å². The lowest BCUT2D eigenvalue weighted by atomic mass is 9.78. The second kappa shape index (κ2) is 6.79. The third-order valence-corrected chi connectivity index (χ3v) is 4.59. The molecular formula is C16H31N3O. The van der Waals surface area contributed by atoms with Crippen LogP contribution in [0.2, 0.25) is 0 Å². The second-order valence-electron chi connectivity index (χ2n) is 7.46. The van der Waals surface area contributed by atoms with Gasteiger partial charge in [-0.2, -0.15) is 0 Å². The average molecular weight is 281 g/mol. The first-order chi connectivity index (χ1) is 9.47. The van der Waals surface area contributed by atoms with E-state index in [9.17, 15) is 0 Å². The molecule has 0 spiro atoms. The summed E-state index contributed by atoms with van der Waals surface area (Å²) in [6.45, 7) is 9.42. The van der Waals surface area contributed by atoms with Gasteiger partial charge in [0.05, 0.1) is 6.10 Å². The molecule has 1 saturated carbocycles. The summed E-state index contributed by atoms with van der Waals surface area (Å²) in [5.41, 5.74) is 6.16. The molecule has 1 saturated heterocycles. The van der Waals surface area contributed by atoms with Gasteiger partial charge >= 0.3 is 0 Å². The fourth-order valence-electron chi connectivity index (χ4n) is 3.20. The van der Waals surface area contributed by atoms with E-state index < -0.39 is 0 Å². The van der Waals surface area contributed by atoms with Crippen LogP contribution in [0.1, 0.15) is 52.9 Å². The summed E-state index contributed by atoms with van der Waals surface area (Å²) in [6.07, 6.45) is 6.67. The van der Waals surface area contributed by atoms with Crippen molar-refractivity contribution in [2.45, 2.75) is 59.0 Å². The molecular weight excluding hydrogens is 250 g/mol. The Kier molecular flexibility index (Phi) is 5.30. The van der Waals surface area contributed by atoms with Gasteiger partial charge in [0.15, 0.2) is 5.96 Å². The molecule has 0 aromatic carbocycles. The zero-order chi connectivity index (χ0) is 14.6. The van der Waals surface area contributed by atoms with Crippen LogP contribution in [0.4, 0.5) is 0 Å². The van der Waals surface area contributed by atoms with E-state index in [1.807, 2.05) is 0 Å². The Labute approximate surface area is 123 Å². The first-order valence-electron chi connectivity index (χ1n) is 8.12. The van der Waals surface area contributed by atoms with Crippen LogP contribution in [0.25, 0.3) is 0 Å². The van der Waals surface area contributed by atoms with Crippen molar-refractivity contribution in [2.24, 2.45) is 28.0 Å². The molecule has 116 valence electrons. The number of rotatable bonds is 4. The van der Waals surface area contributed by atoms with E-state index in [0.717, 1.165) is 32.0 Å². The molecule has 2 fully saturated rings. The van der Waals surface area contributed by atoms with E-state index in [2.05, 4.69) is 31.1 Å².